The van der Waals surface area contributed by atoms with Crippen molar-refractivity contribution in [1.82, 2.24) is 24.2 Å². The van der Waals surface area contributed by atoms with Crippen LogP contribution in [0.3, 0.4) is 0 Å². The van der Waals surface area contributed by atoms with Crippen LogP contribution in [0.2, 0.25) is 0 Å². The van der Waals surface area contributed by atoms with E-state index < -0.39 is 10.0 Å². The lowest BCUT2D eigenvalue weighted by atomic mass is 9.98. The first kappa shape index (κ1) is 23.3. The van der Waals surface area contributed by atoms with E-state index in [1.165, 1.54) is 15.6 Å². The molecular formula is C21H31N5O4S2. The number of hydrogen-bond donors (Lipinski definition) is 0. The van der Waals surface area contributed by atoms with Crippen molar-refractivity contribution in [2.24, 2.45) is 5.92 Å². The van der Waals surface area contributed by atoms with Crippen LogP contribution in [-0.2, 0) is 14.8 Å². The Morgan fingerprint density at radius 3 is 2.59 bits per heavy atom. The zero-order chi connectivity index (χ0) is 23.0. The molecule has 2 fully saturated rings. The summed E-state index contributed by atoms with van der Waals surface area (Å²) in [5.74, 6) is 0.824. The topological polar surface area (TPSA) is 99.8 Å². The minimum atomic E-state index is -3.72. The normalized spacial score (nSPS) is 21.4. The van der Waals surface area contributed by atoms with Crippen LogP contribution in [0.15, 0.2) is 15.5 Å². The molecule has 9 nitrogen and oxygen atoms in total. The summed E-state index contributed by atoms with van der Waals surface area (Å²) in [6, 6.07) is 1.64. The molecule has 0 aromatic carbocycles. The van der Waals surface area contributed by atoms with Gasteiger partial charge in [-0.2, -0.15) is 9.29 Å². The second-order valence-corrected chi connectivity index (χ2v) is 12.1. The Bertz CT molecular complexity index is 1070. The first-order valence-corrected chi connectivity index (χ1v) is 13.3. The van der Waals surface area contributed by atoms with E-state index in [9.17, 15) is 13.2 Å². The van der Waals surface area contributed by atoms with Gasteiger partial charge in [-0.15, -0.1) is 11.3 Å². The molecule has 2 saturated heterocycles. The molecule has 0 unspecified atom stereocenters. The molecule has 0 spiro atoms. The smallest absolute Gasteiger partial charge is 0.244 e. The first-order valence-electron chi connectivity index (χ1n) is 11.1. The maximum Gasteiger partial charge on any atom is 0.244 e. The molecule has 0 radical (unpaired) electrons. The van der Waals surface area contributed by atoms with Crippen molar-refractivity contribution in [1.29, 1.82) is 0 Å². The molecule has 1 atom stereocenters. The van der Waals surface area contributed by atoms with Crippen LogP contribution in [-0.4, -0.2) is 84.9 Å². The Kier molecular flexibility index (Phi) is 6.71. The molecule has 0 bridgehead atoms. The number of piperidine rings is 1. The van der Waals surface area contributed by atoms with Crippen molar-refractivity contribution in [2.75, 3.05) is 46.3 Å². The van der Waals surface area contributed by atoms with Gasteiger partial charge in [0.1, 0.15) is 0 Å². The number of aryl methyl sites for hydroxylation is 1. The molecule has 4 heterocycles. The Labute approximate surface area is 193 Å². The molecule has 0 aliphatic carbocycles. The highest BCUT2D eigenvalue weighted by atomic mass is 32.2. The molecule has 2 aromatic rings. The average molecular weight is 482 g/mol. The highest BCUT2D eigenvalue weighted by Crippen LogP contribution is 2.35. The van der Waals surface area contributed by atoms with Crippen molar-refractivity contribution in [3.8, 4) is 10.7 Å². The zero-order valence-corrected chi connectivity index (χ0v) is 20.7. The number of likely N-dealkylation sites (N-methyl/N-ethyl adjacent to an activating group) is 1. The minimum absolute atomic E-state index is 0.0775. The van der Waals surface area contributed by atoms with Gasteiger partial charge in [0.25, 0.3) is 0 Å². The summed E-state index contributed by atoms with van der Waals surface area (Å²) in [6.45, 7) is 9.49. The summed E-state index contributed by atoms with van der Waals surface area (Å²) in [6.07, 6.45) is 1.41. The lowest BCUT2D eigenvalue weighted by molar-refractivity contribution is -0.138. The minimum Gasteiger partial charge on any atom is -0.340 e. The average Bonchev–Trinajstić information content (AvgIpc) is 3.41. The van der Waals surface area contributed by atoms with Crippen LogP contribution in [0, 0.1) is 12.8 Å². The van der Waals surface area contributed by atoms with Gasteiger partial charge in [0, 0.05) is 50.1 Å². The third-order valence-corrected chi connectivity index (χ3v) is 9.36. The number of thiophene rings is 1. The number of amides is 1. The summed E-state index contributed by atoms with van der Waals surface area (Å²) in [4.78, 5) is 23.1. The van der Waals surface area contributed by atoms with Gasteiger partial charge in [-0.25, -0.2) is 8.42 Å². The number of sulfonamides is 1. The molecule has 2 aliphatic heterocycles. The van der Waals surface area contributed by atoms with Gasteiger partial charge in [0.05, 0.1) is 15.7 Å². The Hall–Kier alpha value is -1.82. The number of piperazine rings is 1. The number of nitrogens with zero attached hydrogens (tertiary/aromatic N) is 5. The van der Waals surface area contributed by atoms with E-state index >= 15 is 0 Å². The lowest BCUT2D eigenvalue weighted by Gasteiger charge is -2.37. The number of hydrogen-bond acceptors (Lipinski definition) is 8. The van der Waals surface area contributed by atoms with Crippen LogP contribution in [0.4, 0.5) is 0 Å². The van der Waals surface area contributed by atoms with E-state index in [2.05, 4.69) is 15.0 Å². The van der Waals surface area contributed by atoms with Gasteiger partial charge >= 0.3 is 0 Å². The summed E-state index contributed by atoms with van der Waals surface area (Å²) in [5.41, 5.74) is 0. The van der Waals surface area contributed by atoms with Crippen LogP contribution < -0.4 is 0 Å². The van der Waals surface area contributed by atoms with Crippen molar-refractivity contribution < 1.29 is 17.7 Å². The third-order valence-electron chi connectivity index (χ3n) is 6.19. The second kappa shape index (κ2) is 9.20. The van der Waals surface area contributed by atoms with E-state index in [0.29, 0.717) is 47.5 Å². The zero-order valence-electron chi connectivity index (χ0n) is 19.1. The van der Waals surface area contributed by atoms with E-state index in [-0.39, 0.29) is 29.2 Å². The van der Waals surface area contributed by atoms with Gasteiger partial charge in [0.2, 0.25) is 27.6 Å². The van der Waals surface area contributed by atoms with E-state index in [1.54, 1.807) is 13.0 Å². The fourth-order valence-electron chi connectivity index (χ4n) is 4.19. The van der Waals surface area contributed by atoms with E-state index in [0.717, 1.165) is 19.5 Å². The molecule has 1 amide bonds. The molecule has 176 valence electrons. The van der Waals surface area contributed by atoms with Gasteiger partial charge in [-0.05, 0) is 32.9 Å². The third kappa shape index (κ3) is 4.61. The maximum absolute atomic E-state index is 13.5. The van der Waals surface area contributed by atoms with Gasteiger partial charge in [0.15, 0.2) is 0 Å². The maximum atomic E-state index is 13.5. The van der Waals surface area contributed by atoms with Crippen molar-refractivity contribution in [2.45, 2.75) is 44.4 Å². The summed E-state index contributed by atoms with van der Waals surface area (Å²) in [5, 5.41) is 4.01. The van der Waals surface area contributed by atoms with Crippen LogP contribution in [0.1, 0.15) is 43.4 Å². The standard InChI is InChI=1S/C21H31N5O4S2/c1-14(2)20-22-19(23-30-20)17-12-18(15(3)31-17)32(28,29)26-7-5-6-16(13-26)21(27)25-10-8-24(4)9-11-25/h12,14,16H,5-11,13H2,1-4H3/t16-/m0/s1. The highest BCUT2D eigenvalue weighted by Gasteiger charge is 2.37. The van der Waals surface area contributed by atoms with Crippen molar-refractivity contribution >= 4 is 27.3 Å². The first-order chi connectivity index (χ1) is 15.2. The van der Waals surface area contributed by atoms with Crippen molar-refractivity contribution in [3.63, 3.8) is 0 Å². The SMILES string of the molecule is Cc1sc(-c2noc(C(C)C)n2)cc1S(=O)(=O)N1CCC[C@H](C(=O)N2CCN(C)CC2)C1. The number of rotatable bonds is 5. The molecule has 32 heavy (non-hydrogen) atoms. The second-order valence-electron chi connectivity index (χ2n) is 8.97. The van der Waals surface area contributed by atoms with Gasteiger partial charge in [-0.1, -0.05) is 19.0 Å². The summed E-state index contributed by atoms with van der Waals surface area (Å²) >= 11 is 1.34. The molecule has 0 N–H and O–H groups in total. The molecular weight excluding hydrogens is 450 g/mol. The van der Waals surface area contributed by atoms with E-state index in [4.69, 9.17) is 4.52 Å². The predicted octanol–water partition coefficient (Wildman–Crippen LogP) is 2.40. The predicted molar refractivity (Wildman–Crippen MR) is 122 cm³/mol. The largest absolute Gasteiger partial charge is 0.340 e. The van der Waals surface area contributed by atoms with Gasteiger partial charge < -0.3 is 14.3 Å². The van der Waals surface area contributed by atoms with Crippen LogP contribution >= 0.6 is 11.3 Å². The summed E-state index contributed by atoms with van der Waals surface area (Å²) in [7, 11) is -1.67. The van der Waals surface area contributed by atoms with Crippen LogP contribution in [0.5, 0.6) is 0 Å². The molecule has 4 rings (SSSR count). The molecule has 2 aromatic heterocycles. The fourth-order valence-corrected chi connectivity index (χ4v) is 7.20. The molecule has 2 aliphatic rings. The number of aromatic nitrogens is 2. The quantitative estimate of drug-likeness (QED) is 0.646. The van der Waals surface area contributed by atoms with E-state index in [1.807, 2.05) is 25.8 Å². The van der Waals surface area contributed by atoms with Crippen molar-refractivity contribution in [3.05, 3.63) is 16.8 Å². The fraction of sp³-hybridized carbons (Fsp3) is 0.667. The molecule has 11 heteroatoms. The van der Waals surface area contributed by atoms with Gasteiger partial charge in [-0.3, -0.25) is 4.79 Å². The Morgan fingerprint density at radius 2 is 1.94 bits per heavy atom. The highest BCUT2D eigenvalue weighted by molar-refractivity contribution is 7.89. The lowest BCUT2D eigenvalue weighted by Crippen LogP contribution is -2.52. The number of carbonyl (C=O) groups is 1. The molecule has 0 saturated carbocycles. The Balaban J connectivity index is 1.51. The number of carbonyl (C=O) groups excluding carboxylic acids is 1. The van der Waals surface area contributed by atoms with Crippen LogP contribution in [0.25, 0.3) is 10.7 Å². The summed E-state index contributed by atoms with van der Waals surface area (Å²) < 4.78 is 33.7. The Morgan fingerprint density at radius 1 is 1.22 bits per heavy atom. The monoisotopic (exact) mass is 481 g/mol.